The minimum absolute atomic E-state index is 0.00558. The van der Waals surface area contributed by atoms with Crippen LogP contribution in [-0.4, -0.2) is 28.9 Å². The van der Waals surface area contributed by atoms with Crippen molar-refractivity contribution in [3.63, 3.8) is 0 Å². The zero-order chi connectivity index (χ0) is 28.2. The van der Waals surface area contributed by atoms with E-state index in [1.54, 1.807) is 18.9 Å². The van der Waals surface area contributed by atoms with Crippen LogP contribution in [0.1, 0.15) is 95.8 Å². The third kappa shape index (κ3) is 5.33. The standard InChI is InChI=1S/C35H48O3S/c1-22-8-12-25(13-9-22)39-32(33(2,3)4)21-31(36)35(6,37)30-17-16-29-28-14-10-23-20-24(38-7)11-15-26(23)27(28)18-19-34(29,30)5/h8-9,11-13,15,20,27-30,32,37H,10,14,16-19,21H2,1-7H3/t27-,28-,29+,30+,32-,34+,35-/m1/s1. The Morgan fingerprint density at radius 3 is 2.46 bits per heavy atom. The van der Waals surface area contributed by atoms with Crippen LogP contribution in [-0.2, 0) is 11.2 Å². The van der Waals surface area contributed by atoms with E-state index in [2.05, 4.69) is 77.1 Å². The molecule has 0 amide bonds. The Bertz CT molecular complexity index is 1190. The molecule has 2 aromatic rings. The number of hydrogen-bond acceptors (Lipinski definition) is 4. The number of methoxy groups -OCH3 is 1. The van der Waals surface area contributed by atoms with Crippen molar-refractivity contribution in [3.05, 3.63) is 59.2 Å². The summed E-state index contributed by atoms with van der Waals surface area (Å²) in [5.74, 6) is 2.80. The van der Waals surface area contributed by atoms with Crippen molar-refractivity contribution < 1.29 is 14.6 Å². The first-order valence-electron chi connectivity index (χ1n) is 15.0. The first kappa shape index (κ1) is 28.7. The van der Waals surface area contributed by atoms with Gasteiger partial charge in [-0.25, -0.2) is 0 Å². The molecule has 3 nitrogen and oxygen atoms in total. The van der Waals surface area contributed by atoms with Crippen LogP contribution in [0, 0.1) is 35.5 Å². The molecule has 0 unspecified atom stereocenters. The predicted molar refractivity (Wildman–Crippen MR) is 162 cm³/mol. The lowest BCUT2D eigenvalue weighted by atomic mass is 9.52. The topological polar surface area (TPSA) is 46.5 Å². The van der Waals surface area contributed by atoms with E-state index in [4.69, 9.17) is 4.74 Å². The Balaban J connectivity index is 1.34. The third-order valence-corrected chi connectivity index (χ3v) is 12.5. The summed E-state index contributed by atoms with van der Waals surface area (Å²) in [7, 11) is 1.75. The quantitative estimate of drug-likeness (QED) is 0.353. The van der Waals surface area contributed by atoms with Gasteiger partial charge in [-0.05, 0) is 116 Å². The third-order valence-electron chi connectivity index (χ3n) is 10.8. The van der Waals surface area contributed by atoms with Crippen molar-refractivity contribution in [3.8, 4) is 5.75 Å². The monoisotopic (exact) mass is 548 g/mol. The number of fused-ring (bicyclic) bond motifs is 5. The van der Waals surface area contributed by atoms with Gasteiger partial charge in [0.25, 0.3) is 0 Å². The second kappa shape index (κ2) is 10.6. The number of ether oxygens (including phenoxy) is 1. The predicted octanol–water partition coefficient (Wildman–Crippen LogP) is 8.39. The van der Waals surface area contributed by atoms with Gasteiger partial charge in [-0.1, -0.05) is 51.5 Å². The van der Waals surface area contributed by atoms with Crippen molar-refractivity contribution in [2.75, 3.05) is 7.11 Å². The molecular formula is C35H48O3S. The highest BCUT2D eigenvalue weighted by atomic mass is 32.2. The Hall–Kier alpha value is -1.78. The molecular weight excluding hydrogens is 500 g/mol. The van der Waals surface area contributed by atoms with Gasteiger partial charge in [-0.2, -0.15) is 0 Å². The van der Waals surface area contributed by atoms with E-state index < -0.39 is 5.60 Å². The molecule has 3 aliphatic carbocycles. The van der Waals surface area contributed by atoms with Crippen LogP contribution in [0.4, 0.5) is 0 Å². The van der Waals surface area contributed by atoms with Crippen molar-refractivity contribution >= 4 is 17.5 Å². The number of aryl methyl sites for hydroxylation is 2. The second-order valence-corrected chi connectivity index (χ2v) is 15.5. The molecule has 0 aromatic heterocycles. The molecule has 0 aliphatic heterocycles. The molecule has 3 aliphatic rings. The summed E-state index contributed by atoms with van der Waals surface area (Å²) in [6, 6.07) is 15.2. The lowest BCUT2D eigenvalue weighted by Crippen LogP contribution is -2.53. The fourth-order valence-corrected chi connectivity index (χ4v) is 9.69. The van der Waals surface area contributed by atoms with Gasteiger partial charge in [0.1, 0.15) is 11.4 Å². The molecule has 0 saturated heterocycles. The normalized spacial score (nSPS) is 30.5. The number of benzene rings is 2. The van der Waals surface area contributed by atoms with Crippen LogP contribution in [0.2, 0.25) is 0 Å². The Morgan fingerprint density at radius 1 is 1.08 bits per heavy atom. The molecule has 7 atom stereocenters. The smallest absolute Gasteiger partial charge is 0.165 e. The van der Waals surface area contributed by atoms with Gasteiger partial charge in [-0.3, -0.25) is 4.79 Å². The van der Waals surface area contributed by atoms with Crippen molar-refractivity contribution in [2.24, 2.45) is 28.6 Å². The summed E-state index contributed by atoms with van der Waals surface area (Å²) >= 11 is 1.78. The maximum absolute atomic E-state index is 14.0. The van der Waals surface area contributed by atoms with E-state index in [0.29, 0.717) is 24.2 Å². The number of Topliss-reactive ketones (excluding diaryl/α,β-unsaturated/α-hetero) is 1. The van der Waals surface area contributed by atoms with Crippen LogP contribution >= 0.6 is 11.8 Å². The molecule has 2 aromatic carbocycles. The minimum Gasteiger partial charge on any atom is -0.497 e. The summed E-state index contributed by atoms with van der Waals surface area (Å²) in [6.07, 6.45) is 7.00. The maximum atomic E-state index is 14.0. The molecule has 4 heteroatoms. The summed E-state index contributed by atoms with van der Waals surface area (Å²) in [6.45, 7) is 13.0. The molecule has 0 radical (unpaired) electrons. The molecule has 39 heavy (non-hydrogen) atoms. The number of ketones is 1. The van der Waals surface area contributed by atoms with Gasteiger partial charge in [0, 0.05) is 22.5 Å². The molecule has 5 rings (SSSR count). The fourth-order valence-electron chi connectivity index (χ4n) is 8.48. The molecule has 1 N–H and O–H groups in total. The van der Waals surface area contributed by atoms with Crippen LogP contribution < -0.4 is 4.74 Å². The highest BCUT2D eigenvalue weighted by Gasteiger charge is 2.60. The van der Waals surface area contributed by atoms with Crippen molar-refractivity contribution in [2.45, 2.75) is 108 Å². The number of thioether (sulfide) groups is 1. The lowest BCUT2D eigenvalue weighted by Gasteiger charge is -2.53. The largest absolute Gasteiger partial charge is 0.497 e. The van der Waals surface area contributed by atoms with E-state index in [9.17, 15) is 9.90 Å². The number of carbonyl (C=O) groups is 1. The fraction of sp³-hybridized carbons (Fsp3) is 0.629. The van der Waals surface area contributed by atoms with Gasteiger partial charge in [0.2, 0.25) is 0 Å². The van der Waals surface area contributed by atoms with Crippen LogP contribution in [0.5, 0.6) is 5.75 Å². The Kier molecular flexibility index (Phi) is 7.78. The number of aliphatic hydroxyl groups is 1. The highest BCUT2D eigenvalue weighted by Crippen LogP contribution is 2.65. The number of carbonyl (C=O) groups excluding carboxylic acids is 1. The summed E-state index contributed by atoms with van der Waals surface area (Å²) in [5, 5.41) is 12.1. The molecule has 0 heterocycles. The zero-order valence-corrected chi connectivity index (χ0v) is 25.9. The Labute approximate surface area is 240 Å². The number of hydrogen-bond donors (Lipinski definition) is 1. The average molecular weight is 549 g/mol. The van der Waals surface area contributed by atoms with Crippen molar-refractivity contribution in [1.82, 2.24) is 0 Å². The average Bonchev–Trinajstić information content (AvgIpc) is 3.26. The van der Waals surface area contributed by atoms with E-state index in [0.717, 1.165) is 37.9 Å². The molecule has 2 saturated carbocycles. The van der Waals surface area contributed by atoms with Gasteiger partial charge in [0.05, 0.1) is 7.11 Å². The minimum atomic E-state index is -1.30. The van der Waals surface area contributed by atoms with E-state index in [-0.39, 0.29) is 27.8 Å². The first-order valence-corrected chi connectivity index (χ1v) is 15.9. The molecule has 0 spiro atoms. The van der Waals surface area contributed by atoms with Crippen LogP contribution in [0.15, 0.2) is 47.4 Å². The number of rotatable bonds is 7. The SMILES string of the molecule is COc1ccc2c(c1)CC[C@@H]1[C@@H]2CC[C@@]2(C)[C@H]1CC[C@@H]2[C@@](C)(O)C(=O)C[C@@H](Sc1ccc(C)cc1)C(C)(C)C. The molecule has 212 valence electrons. The van der Waals surface area contributed by atoms with Gasteiger partial charge in [-0.15, -0.1) is 11.8 Å². The second-order valence-electron chi connectivity index (χ2n) is 14.2. The lowest BCUT2D eigenvalue weighted by molar-refractivity contribution is -0.149. The molecule has 2 fully saturated rings. The zero-order valence-electron chi connectivity index (χ0n) is 25.0. The van der Waals surface area contributed by atoms with E-state index in [1.807, 2.05) is 6.92 Å². The van der Waals surface area contributed by atoms with Gasteiger partial charge in [0.15, 0.2) is 5.78 Å². The van der Waals surface area contributed by atoms with Crippen LogP contribution in [0.3, 0.4) is 0 Å². The van der Waals surface area contributed by atoms with E-state index >= 15 is 0 Å². The highest BCUT2D eigenvalue weighted by molar-refractivity contribution is 8.00. The van der Waals surface area contributed by atoms with Crippen LogP contribution in [0.25, 0.3) is 0 Å². The first-order chi connectivity index (χ1) is 18.3. The van der Waals surface area contributed by atoms with Crippen molar-refractivity contribution in [1.29, 1.82) is 0 Å². The summed E-state index contributed by atoms with van der Waals surface area (Å²) in [4.78, 5) is 15.2. The summed E-state index contributed by atoms with van der Waals surface area (Å²) < 4.78 is 5.50. The van der Waals surface area contributed by atoms with E-state index in [1.165, 1.54) is 28.0 Å². The molecule has 0 bridgehead atoms. The van der Waals surface area contributed by atoms with Gasteiger partial charge >= 0.3 is 0 Å². The maximum Gasteiger partial charge on any atom is 0.165 e. The van der Waals surface area contributed by atoms with Gasteiger partial charge < -0.3 is 9.84 Å². The Morgan fingerprint density at radius 2 is 1.79 bits per heavy atom. The summed E-state index contributed by atoms with van der Waals surface area (Å²) in [5.41, 5.74) is 2.86.